The fraction of sp³-hybridized carbons (Fsp3) is 0.833. The predicted octanol–water partition coefficient (Wildman–Crippen LogP) is 2.68. The summed E-state index contributed by atoms with van der Waals surface area (Å²) in [6.45, 7) is 11.2. The van der Waals surface area contributed by atoms with Gasteiger partial charge in [0.2, 0.25) is 6.29 Å². The van der Waals surface area contributed by atoms with E-state index in [-0.39, 0.29) is 24.0 Å². The molecule has 0 spiro atoms. The Balaban J connectivity index is 1.93. The number of β-lactam (4-membered cyclic amide) rings is 1. The van der Waals surface area contributed by atoms with Crippen molar-refractivity contribution in [1.82, 2.24) is 4.90 Å². The fourth-order valence-electron chi connectivity index (χ4n) is 3.10. The van der Waals surface area contributed by atoms with Gasteiger partial charge in [0.1, 0.15) is 11.4 Å². The lowest BCUT2D eigenvalue weighted by Crippen LogP contribution is -2.67. The zero-order valence-electron chi connectivity index (χ0n) is 16.7. The maximum atomic E-state index is 12.7. The number of carbonyl (C=O) groups excluding carboxylic acids is 3. The number of amides is 1. The summed E-state index contributed by atoms with van der Waals surface area (Å²) in [7, 11) is 0. The molecule has 2 rings (SSSR count). The zero-order chi connectivity index (χ0) is 20.4. The van der Waals surface area contributed by atoms with E-state index in [2.05, 4.69) is 0 Å². The number of ether oxygens (including phenoxy) is 4. The van der Waals surface area contributed by atoms with Gasteiger partial charge in [-0.25, -0.2) is 9.59 Å². The molecule has 0 aromatic heterocycles. The molecule has 1 unspecified atom stereocenters. The van der Waals surface area contributed by atoms with Gasteiger partial charge in [-0.15, -0.1) is 11.8 Å². The Hall–Kier alpha value is -1.48. The zero-order valence-corrected chi connectivity index (χ0v) is 17.5. The number of thioether (sulfide) groups is 1. The molecular weight excluding hydrogens is 374 g/mol. The first-order chi connectivity index (χ1) is 12.6. The van der Waals surface area contributed by atoms with Crippen molar-refractivity contribution in [3.05, 3.63) is 0 Å². The largest absolute Gasteiger partial charge is 0.511 e. The van der Waals surface area contributed by atoms with Crippen LogP contribution in [-0.4, -0.2) is 64.2 Å². The summed E-state index contributed by atoms with van der Waals surface area (Å²) in [6.07, 6.45) is -0.997. The quantitative estimate of drug-likeness (QED) is 0.264. The highest BCUT2D eigenvalue weighted by atomic mass is 32.2. The van der Waals surface area contributed by atoms with Crippen LogP contribution in [0.15, 0.2) is 0 Å². The van der Waals surface area contributed by atoms with Gasteiger partial charge in [0.05, 0.1) is 12.7 Å². The van der Waals surface area contributed by atoms with Crippen LogP contribution in [0.3, 0.4) is 0 Å². The number of esters is 1. The highest BCUT2D eigenvalue weighted by Gasteiger charge is 2.65. The minimum Gasteiger partial charge on any atom is -0.434 e. The molecule has 2 heterocycles. The van der Waals surface area contributed by atoms with E-state index in [0.29, 0.717) is 0 Å². The van der Waals surface area contributed by atoms with Crippen LogP contribution in [0.4, 0.5) is 4.79 Å². The molecule has 8 nitrogen and oxygen atoms in total. The minimum absolute atomic E-state index is 0.0806. The lowest BCUT2D eigenvalue weighted by atomic mass is 9.97. The first kappa shape index (κ1) is 21.8. The van der Waals surface area contributed by atoms with Crippen LogP contribution in [0.1, 0.15) is 54.4 Å². The minimum atomic E-state index is -1.11. The Labute approximate surface area is 164 Å². The van der Waals surface area contributed by atoms with Gasteiger partial charge in [0, 0.05) is 11.7 Å². The number of nitrogens with zero attached hydrogens (tertiary/aromatic N) is 1. The molecule has 2 saturated heterocycles. The van der Waals surface area contributed by atoms with Gasteiger partial charge < -0.3 is 23.8 Å². The third-order valence-electron chi connectivity index (χ3n) is 4.30. The summed E-state index contributed by atoms with van der Waals surface area (Å²) in [5.74, 6) is -0.832. The van der Waals surface area contributed by atoms with Gasteiger partial charge in [0.15, 0.2) is 6.10 Å². The lowest BCUT2D eigenvalue weighted by Gasteiger charge is -2.44. The van der Waals surface area contributed by atoms with Crippen LogP contribution >= 0.6 is 11.8 Å². The number of hydrogen-bond acceptors (Lipinski definition) is 8. The third-order valence-corrected chi connectivity index (χ3v) is 5.84. The average molecular weight is 403 g/mol. The Morgan fingerprint density at radius 1 is 1.22 bits per heavy atom. The molecule has 0 radical (unpaired) electrons. The van der Waals surface area contributed by atoms with Crippen molar-refractivity contribution in [3.8, 4) is 0 Å². The summed E-state index contributed by atoms with van der Waals surface area (Å²) in [5, 5.41) is -0.220. The SMILES string of the molecule is CCCCOC(=O)OC(C)OC(=O)[C@@H]1N2C(=O)[C@@H](OC(C)C)[C@H]2SC1(C)C. The van der Waals surface area contributed by atoms with Crippen molar-refractivity contribution in [2.24, 2.45) is 0 Å². The van der Waals surface area contributed by atoms with Gasteiger partial charge in [0.25, 0.3) is 5.91 Å². The van der Waals surface area contributed by atoms with Crippen LogP contribution in [0.2, 0.25) is 0 Å². The van der Waals surface area contributed by atoms with E-state index in [1.54, 1.807) is 0 Å². The standard InChI is InChI=1S/C18H29NO7S/c1-7-8-9-23-17(22)26-11(4)25-16(21)13-18(5,6)27-15-12(24-10(2)3)14(20)19(13)15/h10-13,15H,7-9H2,1-6H3/t11?,12-,13+,15-/m1/s1. The van der Waals surface area contributed by atoms with Crippen LogP contribution in [-0.2, 0) is 28.5 Å². The molecule has 4 atom stereocenters. The second kappa shape index (κ2) is 8.68. The van der Waals surface area contributed by atoms with Crippen molar-refractivity contribution < 1.29 is 33.3 Å². The van der Waals surface area contributed by atoms with E-state index in [0.717, 1.165) is 12.8 Å². The van der Waals surface area contributed by atoms with Crippen molar-refractivity contribution >= 4 is 29.8 Å². The van der Waals surface area contributed by atoms with E-state index < -0.39 is 35.3 Å². The molecule has 2 fully saturated rings. The van der Waals surface area contributed by atoms with Gasteiger partial charge in [-0.3, -0.25) is 4.79 Å². The fourth-order valence-corrected chi connectivity index (χ4v) is 4.70. The molecule has 0 aromatic carbocycles. The number of unbranched alkanes of at least 4 members (excludes halogenated alkanes) is 1. The number of fused-ring (bicyclic) bond motifs is 1. The number of rotatable bonds is 8. The maximum absolute atomic E-state index is 12.7. The van der Waals surface area contributed by atoms with E-state index in [1.807, 2.05) is 34.6 Å². The second-order valence-corrected chi connectivity index (χ2v) is 9.21. The molecule has 2 aliphatic heterocycles. The van der Waals surface area contributed by atoms with Crippen molar-refractivity contribution in [3.63, 3.8) is 0 Å². The predicted molar refractivity (Wildman–Crippen MR) is 99.0 cm³/mol. The number of hydrogen-bond donors (Lipinski definition) is 0. The van der Waals surface area contributed by atoms with Crippen LogP contribution in [0, 0.1) is 0 Å². The molecule has 0 bridgehead atoms. The molecule has 0 N–H and O–H groups in total. The van der Waals surface area contributed by atoms with Crippen molar-refractivity contribution in [1.29, 1.82) is 0 Å². The highest BCUT2D eigenvalue weighted by Crippen LogP contribution is 2.52. The van der Waals surface area contributed by atoms with Crippen LogP contribution < -0.4 is 0 Å². The van der Waals surface area contributed by atoms with E-state index in [9.17, 15) is 14.4 Å². The molecule has 9 heteroatoms. The molecule has 0 saturated carbocycles. The maximum Gasteiger partial charge on any atom is 0.511 e. The van der Waals surface area contributed by atoms with Gasteiger partial charge in [-0.1, -0.05) is 13.3 Å². The molecule has 0 aliphatic carbocycles. The topological polar surface area (TPSA) is 91.4 Å². The lowest BCUT2D eigenvalue weighted by molar-refractivity contribution is -0.189. The monoisotopic (exact) mass is 403 g/mol. The van der Waals surface area contributed by atoms with E-state index in [4.69, 9.17) is 18.9 Å². The second-order valence-electron chi connectivity index (χ2n) is 7.44. The summed E-state index contributed by atoms with van der Waals surface area (Å²) in [5.41, 5.74) is 0. The summed E-state index contributed by atoms with van der Waals surface area (Å²) in [6, 6.07) is -0.769. The average Bonchev–Trinajstić information content (AvgIpc) is 2.80. The normalized spacial score (nSPS) is 27.0. The molecule has 0 aromatic rings. The Bertz CT molecular complexity index is 580. The molecule has 2 aliphatic rings. The van der Waals surface area contributed by atoms with Gasteiger partial charge in [-0.2, -0.15) is 0 Å². The Morgan fingerprint density at radius 3 is 2.48 bits per heavy atom. The van der Waals surface area contributed by atoms with Gasteiger partial charge >= 0.3 is 12.1 Å². The Kier molecular flexibility index (Phi) is 7.02. The smallest absolute Gasteiger partial charge is 0.434 e. The summed E-state index contributed by atoms with van der Waals surface area (Å²) < 4.78 is 20.2. The summed E-state index contributed by atoms with van der Waals surface area (Å²) >= 11 is 1.51. The molecule has 1 amide bonds. The van der Waals surface area contributed by atoms with E-state index >= 15 is 0 Å². The summed E-state index contributed by atoms with van der Waals surface area (Å²) in [4.78, 5) is 38.2. The van der Waals surface area contributed by atoms with Crippen molar-refractivity contribution in [2.75, 3.05) is 6.61 Å². The molecule has 154 valence electrons. The molecular formula is C18H29NO7S. The first-order valence-corrected chi connectivity index (χ1v) is 10.2. The van der Waals surface area contributed by atoms with E-state index in [1.165, 1.54) is 23.6 Å². The highest BCUT2D eigenvalue weighted by molar-refractivity contribution is 8.01. The Morgan fingerprint density at radius 2 is 1.89 bits per heavy atom. The third kappa shape index (κ3) is 4.87. The van der Waals surface area contributed by atoms with Gasteiger partial charge in [-0.05, 0) is 34.1 Å². The first-order valence-electron chi connectivity index (χ1n) is 9.27. The van der Waals surface area contributed by atoms with Crippen molar-refractivity contribution in [2.45, 2.75) is 89.0 Å². The number of carbonyl (C=O) groups is 3. The van der Waals surface area contributed by atoms with Crippen LogP contribution in [0.5, 0.6) is 0 Å². The van der Waals surface area contributed by atoms with Crippen LogP contribution in [0.25, 0.3) is 0 Å². The molecule has 27 heavy (non-hydrogen) atoms.